The van der Waals surface area contributed by atoms with Crippen LogP contribution in [0.25, 0.3) is 0 Å². The number of hydrogen-bond acceptors (Lipinski definition) is 5. The van der Waals surface area contributed by atoms with E-state index < -0.39 is 11.9 Å². The van der Waals surface area contributed by atoms with Crippen LogP contribution in [0, 0.1) is 0 Å². The molecular formula is C25H24ClNO4. The van der Waals surface area contributed by atoms with E-state index in [9.17, 15) is 9.59 Å². The first kappa shape index (κ1) is 21.2. The zero-order valence-corrected chi connectivity index (χ0v) is 18.5. The normalized spacial score (nSPS) is 20.8. The van der Waals surface area contributed by atoms with E-state index in [1.807, 2.05) is 49.4 Å². The monoisotopic (exact) mass is 437 g/mol. The molecule has 5 nitrogen and oxygen atoms in total. The molecule has 0 spiro atoms. The summed E-state index contributed by atoms with van der Waals surface area (Å²) in [5.41, 5.74) is 4.35. The quantitative estimate of drug-likeness (QED) is 0.690. The molecule has 2 aromatic rings. The van der Waals surface area contributed by atoms with Crippen molar-refractivity contribution in [2.75, 3.05) is 14.2 Å². The molecule has 0 saturated heterocycles. The van der Waals surface area contributed by atoms with Gasteiger partial charge in [0.1, 0.15) is 5.75 Å². The Morgan fingerprint density at radius 2 is 1.77 bits per heavy atom. The summed E-state index contributed by atoms with van der Waals surface area (Å²) < 4.78 is 10.3. The Balaban J connectivity index is 1.79. The van der Waals surface area contributed by atoms with Gasteiger partial charge in [0.25, 0.3) is 0 Å². The van der Waals surface area contributed by atoms with Crippen LogP contribution in [0.4, 0.5) is 0 Å². The summed E-state index contributed by atoms with van der Waals surface area (Å²) in [6.45, 7) is 1.83. The lowest BCUT2D eigenvalue weighted by Crippen LogP contribution is -2.36. The standard InChI is InChI=1S/C25H24ClNO4/c1-14-22(25(29)31-3)23(18-6-4-5-7-19(18)26)24-20(27-14)12-16(13-21(24)28)15-8-10-17(30-2)11-9-15/h4-11,16,23,27H,12-13H2,1-3H3. The number of nitrogens with one attached hydrogen (secondary N) is 1. The molecule has 2 aromatic carbocycles. The van der Waals surface area contributed by atoms with Crippen LogP contribution >= 0.6 is 11.6 Å². The number of ether oxygens (including phenoxy) is 2. The Hall–Kier alpha value is -3.05. The minimum Gasteiger partial charge on any atom is -0.497 e. The number of dihydropyridines is 1. The van der Waals surface area contributed by atoms with E-state index in [4.69, 9.17) is 21.1 Å². The number of rotatable bonds is 4. The van der Waals surface area contributed by atoms with Crippen molar-refractivity contribution >= 4 is 23.4 Å². The first-order chi connectivity index (χ1) is 14.9. The highest BCUT2D eigenvalue weighted by Crippen LogP contribution is 2.47. The van der Waals surface area contributed by atoms with Gasteiger partial charge in [-0.15, -0.1) is 0 Å². The van der Waals surface area contributed by atoms with Gasteiger partial charge in [0.2, 0.25) is 0 Å². The number of halogens is 1. The molecule has 1 aliphatic heterocycles. The van der Waals surface area contributed by atoms with E-state index in [1.54, 1.807) is 13.2 Å². The van der Waals surface area contributed by atoms with Crippen molar-refractivity contribution in [3.05, 3.63) is 87.2 Å². The van der Waals surface area contributed by atoms with Crippen molar-refractivity contribution in [2.45, 2.75) is 31.6 Å². The second-order valence-electron chi connectivity index (χ2n) is 7.80. The van der Waals surface area contributed by atoms with Gasteiger partial charge >= 0.3 is 5.97 Å². The predicted molar refractivity (Wildman–Crippen MR) is 119 cm³/mol. The van der Waals surface area contributed by atoms with Crippen LogP contribution in [0.15, 0.2) is 71.1 Å². The van der Waals surface area contributed by atoms with Crippen molar-refractivity contribution in [2.24, 2.45) is 0 Å². The molecule has 6 heteroatoms. The zero-order chi connectivity index (χ0) is 22.1. The average molecular weight is 438 g/mol. The highest BCUT2D eigenvalue weighted by molar-refractivity contribution is 6.31. The van der Waals surface area contributed by atoms with E-state index >= 15 is 0 Å². The maximum absolute atomic E-state index is 13.5. The fourth-order valence-electron chi connectivity index (χ4n) is 4.55. The Morgan fingerprint density at radius 3 is 2.42 bits per heavy atom. The summed E-state index contributed by atoms with van der Waals surface area (Å²) in [5, 5.41) is 3.84. The lowest BCUT2D eigenvalue weighted by atomic mass is 9.71. The number of carbonyl (C=O) groups is 2. The van der Waals surface area contributed by atoms with Gasteiger partial charge in [-0.05, 0) is 48.6 Å². The summed E-state index contributed by atoms with van der Waals surface area (Å²) >= 11 is 6.51. The highest BCUT2D eigenvalue weighted by Gasteiger charge is 2.41. The van der Waals surface area contributed by atoms with Gasteiger partial charge in [-0.2, -0.15) is 0 Å². The molecule has 0 radical (unpaired) electrons. The molecular weight excluding hydrogens is 414 g/mol. The van der Waals surface area contributed by atoms with Gasteiger partial charge in [-0.3, -0.25) is 4.79 Å². The van der Waals surface area contributed by atoms with Crippen LogP contribution in [-0.4, -0.2) is 26.0 Å². The maximum Gasteiger partial charge on any atom is 0.336 e. The third-order valence-electron chi connectivity index (χ3n) is 6.04. The lowest BCUT2D eigenvalue weighted by molar-refractivity contribution is -0.136. The summed E-state index contributed by atoms with van der Waals surface area (Å²) in [4.78, 5) is 26.1. The number of esters is 1. The minimum absolute atomic E-state index is 0.00777. The van der Waals surface area contributed by atoms with Crippen LogP contribution in [0.2, 0.25) is 5.02 Å². The molecule has 0 amide bonds. The van der Waals surface area contributed by atoms with Gasteiger partial charge in [0, 0.05) is 34.3 Å². The fourth-order valence-corrected chi connectivity index (χ4v) is 4.80. The Kier molecular flexibility index (Phi) is 5.88. The summed E-state index contributed by atoms with van der Waals surface area (Å²) in [7, 11) is 2.98. The smallest absolute Gasteiger partial charge is 0.336 e. The first-order valence-corrected chi connectivity index (χ1v) is 10.5. The molecule has 0 saturated carbocycles. The largest absolute Gasteiger partial charge is 0.497 e. The van der Waals surface area contributed by atoms with Crippen LogP contribution in [0.1, 0.15) is 42.7 Å². The molecule has 2 unspecified atom stereocenters. The van der Waals surface area contributed by atoms with E-state index in [-0.39, 0.29) is 11.7 Å². The average Bonchev–Trinajstić information content (AvgIpc) is 2.78. The molecule has 160 valence electrons. The van der Waals surface area contributed by atoms with Crippen molar-refractivity contribution in [1.82, 2.24) is 5.32 Å². The molecule has 0 bridgehead atoms. The summed E-state index contributed by atoms with van der Waals surface area (Å²) in [6.07, 6.45) is 1.03. The Morgan fingerprint density at radius 1 is 1.06 bits per heavy atom. The highest BCUT2D eigenvalue weighted by atomic mass is 35.5. The van der Waals surface area contributed by atoms with Crippen molar-refractivity contribution < 1.29 is 19.1 Å². The van der Waals surface area contributed by atoms with E-state index in [0.29, 0.717) is 34.7 Å². The summed E-state index contributed by atoms with van der Waals surface area (Å²) in [5.74, 6) is -0.187. The van der Waals surface area contributed by atoms with E-state index in [0.717, 1.165) is 22.6 Å². The fraction of sp³-hybridized carbons (Fsp3) is 0.280. The lowest BCUT2D eigenvalue weighted by Gasteiger charge is -2.36. The molecule has 1 heterocycles. The maximum atomic E-state index is 13.5. The molecule has 31 heavy (non-hydrogen) atoms. The van der Waals surface area contributed by atoms with Gasteiger partial charge in [-0.25, -0.2) is 4.79 Å². The zero-order valence-electron chi connectivity index (χ0n) is 17.7. The molecule has 1 aliphatic carbocycles. The first-order valence-electron chi connectivity index (χ1n) is 10.1. The Labute approximate surface area is 186 Å². The van der Waals surface area contributed by atoms with Gasteiger partial charge in [-0.1, -0.05) is 41.9 Å². The van der Waals surface area contributed by atoms with Crippen LogP contribution in [0.5, 0.6) is 5.75 Å². The van der Waals surface area contributed by atoms with Crippen molar-refractivity contribution in [3.8, 4) is 5.75 Å². The number of benzene rings is 2. The van der Waals surface area contributed by atoms with Crippen molar-refractivity contribution in [3.63, 3.8) is 0 Å². The van der Waals surface area contributed by atoms with Crippen LogP contribution in [-0.2, 0) is 14.3 Å². The van der Waals surface area contributed by atoms with Gasteiger partial charge in [0.15, 0.2) is 5.78 Å². The number of Topliss-reactive ketones (excluding diaryl/α,β-unsaturated/α-hetero) is 1. The Bertz CT molecular complexity index is 1100. The van der Waals surface area contributed by atoms with Crippen LogP contribution < -0.4 is 10.1 Å². The molecule has 2 atom stereocenters. The molecule has 2 aliphatic rings. The van der Waals surface area contributed by atoms with Gasteiger partial charge in [0.05, 0.1) is 19.8 Å². The van der Waals surface area contributed by atoms with Gasteiger partial charge < -0.3 is 14.8 Å². The van der Waals surface area contributed by atoms with Crippen LogP contribution in [0.3, 0.4) is 0 Å². The number of allylic oxidation sites excluding steroid dienone is 3. The van der Waals surface area contributed by atoms with E-state index in [1.165, 1.54) is 7.11 Å². The van der Waals surface area contributed by atoms with E-state index in [2.05, 4.69) is 5.32 Å². The van der Waals surface area contributed by atoms with Crippen molar-refractivity contribution in [1.29, 1.82) is 0 Å². The predicted octanol–water partition coefficient (Wildman–Crippen LogP) is 4.88. The molecule has 4 rings (SSSR count). The SMILES string of the molecule is COC(=O)C1=C(C)NC2=C(C(=O)CC(c3ccc(OC)cc3)C2)C1c1ccccc1Cl. The number of carbonyl (C=O) groups excluding carboxylic acids is 2. The molecule has 1 N–H and O–H groups in total. The summed E-state index contributed by atoms with van der Waals surface area (Å²) in [6, 6.07) is 15.1. The third-order valence-corrected chi connectivity index (χ3v) is 6.38. The number of hydrogen-bond donors (Lipinski definition) is 1. The number of ketones is 1. The minimum atomic E-state index is -0.554. The second kappa shape index (κ2) is 8.60. The second-order valence-corrected chi connectivity index (χ2v) is 8.21. The number of methoxy groups -OCH3 is 2. The third kappa shape index (κ3) is 3.86. The molecule has 0 aromatic heterocycles. The molecule has 0 fully saturated rings. The topological polar surface area (TPSA) is 64.6 Å².